The number of hydrogen-bond acceptors (Lipinski definition) is 5. The number of nitrogens with one attached hydrogen (secondary N) is 1. The van der Waals surface area contributed by atoms with Crippen LogP contribution >= 0.6 is 22.9 Å². The van der Waals surface area contributed by atoms with Gasteiger partial charge >= 0.3 is 0 Å². The Morgan fingerprint density at radius 1 is 1.29 bits per heavy atom. The molecule has 1 heterocycles. The monoisotopic (exact) mass is 438 g/mol. The zero-order valence-electron chi connectivity index (χ0n) is 15.9. The molecule has 0 saturated heterocycles. The number of aromatic nitrogens is 1. The topological polar surface area (TPSA) is 76.1 Å². The molecule has 0 aliphatic heterocycles. The first-order chi connectivity index (χ1) is 13.3. The van der Waals surface area contributed by atoms with Gasteiger partial charge in [-0.3, -0.25) is 10.1 Å². The minimum Gasteiger partial charge on any atom is -0.298 e. The summed E-state index contributed by atoms with van der Waals surface area (Å²) in [5.74, 6) is 0.0605. The first-order valence-electron chi connectivity index (χ1n) is 9.19. The van der Waals surface area contributed by atoms with Crippen molar-refractivity contribution in [2.24, 2.45) is 5.92 Å². The number of hydrogen-bond donors (Lipinski definition) is 1. The van der Waals surface area contributed by atoms with Crippen LogP contribution in [0.5, 0.6) is 0 Å². The van der Waals surface area contributed by atoms with Gasteiger partial charge in [-0.05, 0) is 42.9 Å². The van der Waals surface area contributed by atoms with Crippen molar-refractivity contribution in [3.8, 4) is 0 Å². The number of anilines is 1. The molecule has 1 aromatic heterocycles. The smallest absolute Gasteiger partial charge is 0.257 e. The lowest BCUT2D eigenvalue weighted by Gasteiger charge is -2.21. The fraction of sp³-hybridized carbons (Fsp3) is 0.400. The van der Waals surface area contributed by atoms with Gasteiger partial charge in [-0.1, -0.05) is 43.0 Å². The van der Waals surface area contributed by atoms with Crippen molar-refractivity contribution in [1.29, 1.82) is 0 Å². The van der Waals surface area contributed by atoms with E-state index in [1.165, 1.54) is 23.8 Å². The van der Waals surface area contributed by atoms with Crippen molar-refractivity contribution in [3.05, 3.63) is 45.9 Å². The van der Waals surface area contributed by atoms with Crippen LogP contribution in [0.3, 0.4) is 0 Å². The number of sulfone groups is 1. The van der Waals surface area contributed by atoms with E-state index >= 15 is 0 Å². The highest BCUT2D eigenvalue weighted by atomic mass is 35.5. The van der Waals surface area contributed by atoms with Gasteiger partial charge in [-0.2, -0.15) is 0 Å². The molecule has 28 heavy (non-hydrogen) atoms. The van der Waals surface area contributed by atoms with Gasteiger partial charge in [0.1, 0.15) is 0 Å². The van der Waals surface area contributed by atoms with Crippen LogP contribution < -0.4 is 5.32 Å². The Morgan fingerprint density at radius 2 is 2.00 bits per heavy atom. The van der Waals surface area contributed by atoms with E-state index in [-0.39, 0.29) is 15.8 Å². The van der Waals surface area contributed by atoms with Gasteiger partial charge < -0.3 is 0 Å². The summed E-state index contributed by atoms with van der Waals surface area (Å²) in [6.07, 6.45) is 10.4. The van der Waals surface area contributed by atoms with E-state index < -0.39 is 9.84 Å². The summed E-state index contributed by atoms with van der Waals surface area (Å²) >= 11 is 7.72. The quantitative estimate of drug-likeness (QED) is 0.658. The molecule has 1 aromatic carbocycles. The molecule has 1 N–H and O–H groups in total. The molecular formula is C20H23ClN2O3S2. The number of nitrogens with zero attached hydrogens (tertiary/aromatic N) is 1. The molecule has 5 nitrogen and oxygen atoms in total. The predicted molar refractivity (Wildman–Crippen MR) is 115 cm³/mol. The Labute approximate surface area is 174 Å². The lowest BCUT2D eigenvalue weighted by atomic mass is 9.86. The number of thiazole rings is 1. The molecule has 1 fully saturated rings. The van der Waals surface area contributed by atoms with Gasteiger partial charge in [0.2, 0.25) is 0 Å². The maximum absolute atomic E-state index is 13.1. The Bertz CT molecular complexity index is 993. The first kappa shape index (κ1) is 21.0. The summed E-state index contributed by atoms with van der Waals surface area (Å²) in [6.45, 7) is 1.75. The second-order valence-electron chi connectivity index (χ2n) is 7.09. The number of carbonyl (C=O) groups is 1. The molecule has 1 aliphatic carbocycles. The fourth-order valence-corrected chi connectivity index (χ4v) is 5.42. The van der Waals surface area contributed by atoms with E-state index in [0.717, 1.165) is 31.9 Å². The maximum Gasteiger partial charge on any atom is 0.257 e. The predicted octanol–water partition coefficient (Wildman–Crippen LogP) is 5.11. The van der Waals surface area contributed by atoms with Gasteiger partial charge in [0.25, 0.3) is 5.91 Å². The van der Waals surface area contributed by atoms with E-state index in [0.29, 0.717) is 27.7 Å². The van der Waals surface area contributed by atoms with Crippen LogP contribution in [0.15, 0.2) is 34.7 Å². The lowest BCUT2D eigenvalue weighted by Crippen LogP contribution is -2.16. The fourth-order valence-electron chi connectivity index (χ4n) is 3.51. The molecule has 1 amide bonds. The largest absolute Gasteiger partial charge is 0.298 e. The number of carbonyl (C=O) groups excluding carboxylic acids is 1. The molecule has 3 rings (SSSR count). The Balaban J connectivity index is 2.04. The second kappa shape index (κ2) is 8.76. The van der Waals surface area contributed by atoms with Crippen molar-refractivity contribution in [2.45, 2.75) is 43.9 Å². The molecular weight excluding hydrogens is 416 g/mol. The molecule has 1 aliphatic rings. The zero-order valence-corrected chi connectivity index (χ0v) is 18.3. The van der Waals surface area contributed by atoms with Crippen LogP contribution in [0.4, 0.5) is 5.13 Å². The SMILES string of the molecule is Cc1c(C(=CC2CCCCC2)C(=O)Nc2nccs2)ccc(S(C)(=O)=O)c1Cl. The normalized spacial score (nSPS) is 16.2. The lowest BCUT2D eigenvalue weighted by molar-refractivity contribution is -0.111. The molecule has 0 unspecified atom stereocenters. The van der Waals surface area contributed by atoms with Crippen LogP contribution in [-0.2, 0) is 14.6 Å². The third kappa shape index (κ3) is 4.82. The van der Waals surface area contributed by atoms with Crippen LogP contribution in [0.2, 0.25) is 5.02 Å². The average molecular weight is 439 g/mol. The molecule has 150 valence electrons. The summed E-state index contributed by atoms with van der Waals surface area (Å²) in [5, 5.41) is 5.32. The van der Waals surface area contributed by atoms with Crippen molar-refractivity contribution in [2.75, 3.05) is 11.6 Å². The van der Waals surface area contributed by atoms with Gasteiger partial charge in [0.15, 0.2) is 15.0 Å². The Hall–Kier alpha value is -1.70. The first-order valence-corrected chi connectivity index (χ1v) is 12.3. The van der Waals surface area contributed by atoms with Crippen LogP contribution in [0.25, 0.3) is 5.57 Å². The van der Waals surface area contributed by atoms with Crippen molar-refractivity contribution in [1.82, 2.24) is 4.98 Å². The van der Waals surface area contributed by atoms with E-state index in [4.69, 9.17) is 11.6 Å². The van der Waals surface area contributed by atoms with Crippen LogP contribution in [0.1, 0.15) is 43.2 Å². The second-order valence-corrected chi connectivity index (χ2v) is 10.3. The van der Waals surface area contributed by atoms with E-state index in [9.17, 15) is 13.2 Å². The minimum absolute atomic E-state index is 0.0766. The molecule has 2 aromatic rings. The summed E-state index contributed by atoms with van der Waals surface area (Å²) in [5.41, 5.74) is 1.75. The number of benzene rings is 1. The van der Waals surface area contributed by atoms with E-state index in [1.54, 1.807) is 24.6 Å². The summed E-state index contributed by atoms with van der Waals surface area (Å²) in [6, 6.07) is 3.15. The highest BCUT2D eigenvalue weighted by Gasteiger charge is 2.23. The number of halogens is 1. The standard InChI is InChI=1S/C20H23ClN2O3S2/c1-13-15(8-9-17(18(13)21)28(2,25)26)16(12-14-6-4-3-5-7-14)19(24)23-20-22-10-11-27-20/h8-12,14H,3-7H2,1-2H3,(H,22,23,24). The van der Waals surface area contributed by atoms with Gasteiger partial charge in [0.05, 0.1) is 9.92 Å². The molecule has 0 atom stereocenters. The van der Waals surface area contributed by atoms with Gasteiger partial charge in [-0.15, -0.1) is 11.3 Å². The number of allylic oxidation sites excluding steroid dienone is 1. The van der Waals surface area contributed by atoms with E-state index in [2.05, 4.69) is 10.3 Å². The summed E-state index contributed by atoms with van der Waals surface area (Å²) in [7, 11) is -3.45. The van der Waals surface area contributed by atoms with Crippen LogP contribution in [-0.4, -0.2) is 25.6 Å². The zero-order chi connectivity index (χ0) is 20.3. The molecule has 0 bridgehead atoms. The third-order valence-electron chi connectivity index (χ3n) is 4.99. The highest BCUT2D eigenvalue weighted by Crippen LogP contribution is 2.34. The average Bonchev–Trinajstić information content (AvgIpc) is 3.15. The highest BCUT2D eigenvalue weighted by molar-refractivity contribution is 7.90. The Kier molecular flexibility index (Phi) is 6.58. The Morgan fingerprint density at radius 3 is 2.61 bits per heavy atom. The van der Waals surface area contributed by atoms with E-state index in [1.807, 2.05) is 6.08 Å². The molecule has 1 saturated carbocycles. The molecule has 0 radical (unpaired) electrons. The van der Waals surface area contributed by atoms with Crippen molar-refractivity contribution in [3.63, 3.8) is 0 Å². The number of amides is 1. The number of rotatable bonds is 5. The van der Waals surface area contributed by atoms with Gasteiger partial charge in [0, 0.05) is 23.4 Å². The molecule has 0 spiro atoms. The third-order valence-corrected chi connectivity index (χ3v) is 7.42. The summed E-state index contributed by atoms with van der Waals surface area (Å²) < 4.78 is 23.9. The van der Waals surface area contributed by atoms with Gasteiger partial charge in [-0.25, -0.2) is 13.4 Å². The minimum atomic E-state index is -3.45. The summed E-state index contributed by atoms with van der Waals surface area (Å²) in [4.78, 5) is 17.3. The maximum atomic E-state index is 13.1. The van der Waals surface area contributed by atoms with Crippen LogP contribution in [0, 0.1) is 12.8 Å². The molecule has 8 heteroatoms. The van der Waals surface area contributed by atoms with Crippen molar-refractivity contribution >= 4 is 49.4 Å². The van der Waals surface area contributed by atoms with Crippen molar-refractivity contribution < 1.29 is 13.2 Å².